The van der Waals surface area contributed by atoms with Crippen LogP contribution in [0.15, 0.2) is 121 Å². The van der Waals surface area contributed by atoms with E-state index in [-0.39, 0.29) is 5.92 Å². The van der Waals surface area contributed by atoms with Crippen molar-refractivity contribution in [3.63, 3.8) is 0 Å². The number of hydrogen-bond acceptors (Lipinski definition) is 2. The summed E-state index contributed by atoms with van der Waals surface area (Å²) >= 11 is 0. The van der Waals surface area contributed by atoms with Crippen molar-refractivity contribution in [1.82, 2.24) is 0 Å². The first-order chi connectivity index (χ1) is 16.2. The average molecular weight is 453 g/mol. The van der Waals surface area contributed by atoms with Crippen LogP contribution in [-0.4, -0.2) is 18.3 Å². The molecule has 0 saturated carbocycles. The third-order valence-corrected chi connectivity index (χ3v) is 12.0. The summed E-state index contributed by atoms with van der Waals surface area (Å²) in [5, 5.41) is 25.9. The third kappa shape index (κ3) is 4.86. The maximum atomic E-state index is 12.1. The molecule has 4 aromatic carbocycles. The number of rotatable bonds is 9. The maximum Gasteiger partial charge on any atom is 0.154 e. The molecule has 0 saturated heterocycles. The van der Waals surface area contributed by atoms with Crippen molar-refractivity contribution in [3.05, 3.63) is 132 Å². The Bertz CT molecular complexity index is 1060. The van der Waals surface area contributed by atoms with E-state index in [1.54, 1.807) is 0 Å². The molecule has 0 bridgehead atoms. The fourth-order valence-corrected chi connectivity index (χ4v) is 10.4. The molecule has 0 aromatic heterocycles. The topological polar surface area (TPSA) is 40.5 Å². The Morgan fingerprint density at radius 3 is 1.39 bits per heavy atom. The molecular weight excluding hydrogens is 420 g/mol. The van der Waals surface area contributed by atoms with Crippen LogP contribution in [0.4, 0.5) is 0 Å². The minimum absolute atomic E-state index is 0.0119. The molecule has 3 heteroatoms. The van der Waals surface area contributed by atoms with Gasteiger partial charge in [-0.3, -0.25) is 0 Å². The zero-order chi connectivity index (χ0) is 23.1. The largest absolute Gasteiger partial charge is 0.391 e. The van der Waals surface area contributed by atoms with Crippen molar-refractivity contribution in [1.29, 1.82) is 0 Å². The fourth-order valence-electron chi connectivity index (χ4n) is 5.04. The van der Waals surface area contributed by atoms with E-state index in [0.717, 1.165) is 23.6 Å². The van der Waals surface area contributed by atoms with Crippen molar-refractivity contribution < 1.29 is 10.2 Å². The summed E-state index contributed by atoms with van der Waals surface area (Å²) < 4.78 is 0. The maximum absolute atomic E-state index is 12.1. The molecule has 2 N–H and O–H groups in total. The summed E-state index contributed by atoms with van der Waals surface area (Å²) in [4.78, 5) is 0. The van der Waals surface area contributed by atoms with E-state index in [1.165, 1.54) is 10.4 Å². The number of benzene rings is 4. The minimum Gasteiger partial charge on any atom is -0.391 e. The van der Waals surface area contributed by atoms with Crippen LogP contribution < -0.4 is 10.4 Å². The predicted octanol–water partition coefficient (Wildman–Crippen LogP) is 5.28. The molecule has 2 nitrogen and oxygen atoms in total. The molecule has 3 unspecified atom stereocenters. The Morgan fingerprint density at radius 1 is 0.576 bits per heavy atom. The number of hydrogen-bond donors (Lipinski definition) is 2. The van der Waals surface area contributed by atoms with Crippen LogP contribution in [0.3, 0.4) is 0 Å². The Hall–Kier alpha value is -2.98. The second kappa shape index (κ2) is 10.8. The van der Waals surface area contributed by atoms with Crippen LogP contribution in [0.5, 0.6) is 0 Å². The lowest BCUT2D eigenvalue weighted by Gasteiger charge is -2.41. The van der Waals surface area contributed by atoms with Gasteiger partial charge in [0.2, 0.25) is 0 Å². The van der Waals surface area contributed by atoms with E-state index in [1.807, 2.05) is 72.8 Å². The van der Waals surface area contributed by atoms with Crippen LogP contribution >= 0.6 is 0 Å². The first-order valence-electron chi connectivity index (χ1n) is 11.7. The van der Waals surface area contributed by atoms with Crippen LogP contribution in [-0.2, 0) is 0 Å². The van der Waals surface area contributed by atoms with Gasteiger partial charge in [0.25, 0.3) is 0 Å². The highest BCUT2D eigenvalue weighted by atomic mass is 28.3. The normalized spacial score (nSPS) is 14.4. The second-order valence-corrected chi connectivity index (χ2v) is 12.8. The van der Waals surface area contributed by atoms with Crippen LogP contribution in [0.1, 0.15) is 36.3 Å². The van der Waals surface area contributed by atoms with Gasteiger partial charge in [-0.1, -0.05) is 145 Å². The minimum atomic E-state index is -2.78. The Kier molecular flexibility index (Phi) is 7.56. The molecule has 3 atom stereocenters. The van der Waals surface area contributed by atoms with Gasteiger partial charge in [0.1, 0.15) is 0 Å². The molecule has 0 aliphatic rings. The van der Waals surface area contributed by atoms with Crippen molar-refractivity contribution in [2.24, 2.45) is 5.92 Å². The highest BCUT2D eigenvalue weighted by molar-refractivity contribution is 7.02. The lowest BCUT2D eigenvalue weighted by atomic mass is 9.95. The monoisotopic (exact) mass is 452 g/mol. The summed E-state index contributed by atoms with van der Waals surface area (Å²) in [7, 11) is -2.78. The van der Waals surface area contributed by atoms with Gasteiger partial charge in [0.15, 0.2) is 8.07 Å². The summed E-state index contributed by atoms with van der Waals surface area (Å²) in [6, 6.07) is 41.6. The van der Waals surface area contributed by atoms with Gasteiger partial charge in [-0.2, -0.15) is 0 Å². The summed E-state index contributed by atoms with van der Waals surface area (Å²) in [6.07, 6.45) is 0.241. The lowest BCUT2D eigenvalue weighted by Crippen LogP contribution is -2.63. The van der Waals surface area contributed by atoms with Crippen LogP contribution in [0, 0.1) is 5.92 Å². The van der Waals surface area contributed by atoms with Gasteiger partial charge in [0.05, 0.1) is 11.8 Å². The molecule has 0 aliphatic carbocycles. The number of aliphatic hydroxyl groups excluding tert-OH is 2. The van der Waals surface area contributed by atoms with E-state index in [4.69, 9.17) is 0 Å². The van der Waals surface area contributed by atoms with Gasteiger partial charge >= 0.3 is 0 Å². The lowest BCUT2D eigenvalue weighted by molar-refractivity contribution is 0.113. The van der Waals surface area contributed by atoms with Gasteiger partial charge in [-0.05, 0) is 23.1 Å². The number of aliphatic hydroxyl groups is 2. The molecule has 0 heterocycles. The van der Waals surface area contributed by atoms with Crippen molar-refractivity contribution in [2.45, 2.75) is 31.2 Å². The van der Waals surface area contributed by atoms with Crippen LogP contribution in [0.25, 0.3) is 0 Å². The quantitative estimate of drug-likeness (QED) is 0.339. The molecule has 168 valence electrons. The highest BCUT2D eigenvalue weighted by Gasteiger charge is 2.47. The van der Waals surface area contributed by atoms with E-state index in [0.29, 0.717) is 0 Å². The van der Waals surface area contributed by atoms with Gasteiger partial charge in [-0.25, -0.2) is 0 Å². The first-order valence-corrected chi connectivity index (χ1v) is 14.0. The fraction of sp³-hybridized carbons (Fsp3) is 0.200. The molecule has 4 aromatic rings. The van der Waals surface area contributed by atoms with Gasteiger partial charge in [0, 0.05) is 0 Å². The van der Waals surface area contributed by atoms with Crippen molar-refractivity contribution in [3.8, 4) is 0 Å². The Labute approximate surface area is 198 Å². The Balaban J connectivity index is 1.89. The third-order valence-electron chi connectivity index (χ3n) is 6.86. The van der Waals surface area contributed by atoms with Gasteiger partial charge in [-0.15, -0.1) is 0 Å². The molecular formula is C30H32O2Si. The second-order valence-electron chi connectivity index (χ2n) is 8.74. The smallest absolute Gasteiger partial charge is 0.154 e. The summed E-state index contributed by atoms with van der Waals surface area (Å²) in [5.74, 6) is 0.0119. The highest BCUT2D eigenvalue weighted by Crippen LogP contribution is 2.37. The van der Waals surface area contributed by atoms with E-state index >= 15 is 0 Å². The molecule has 33 heavy (non-hydrogen) atoms. The summed E-state index contributed by atoms with van der Waals surface area (Å²) in [5.41, 5.74) is 1.23. The zero-order valence-corrected chi connectivity index (χ0v) is 20.1. The average Bonchev–Trinajstić information content (AvgIpc) is 2.91. The molecule has 0 aliphatic heterocycles. The molecule has 0 fully saturated rings. The van der Waals surface area contributed by atoms with Gasteiger partial charge < -0.3 is 10.2 Å². The van der Waals surface area contributed by atoms with E-state index in [9.17, 15) is 10.2 Å². The molecule has 4 rings (SSSR count). The molecule has 0 amide bonds. The predicted molar refractivity (Wildman–Crippen MR) is 139 cm³/mol. The SMILES string of the molecule is CCC(C[Si](c1ccccc1)(c1ccccc1)C(O)c1ccccc1)C(O)c1ccccc1. The summed E-state index contributed by atoms with van der Waals surface area (Å²) in [6.45, 7) is 2.14. The molecule has 0 spiro atoms. The zero-order valence-electron chi connectivity index (χ0n) is 19.1. The van der Waals surface area contributed by atoms with Crippen molar-refractivity contribution >= 4 is 18.4 Å². The Morgan fingerprint density at radius 2 is 0.970 bits per heavy atom. The van der Waals surface area contributed by atoms with Crippen molar-refractivity contribution in [2.75, 3.05) is 0 Å². The van der Waals surface area contributed by atoms with Crippen LogP contribution in [0.2, 0.25) is 6.04 Å². The van der Waals surface area contributed by atoms with E-state index < -0.39 is 19.9 Å². The first kappa shape index (κ1) is 23.2. The standard InChI is InChI=1S/C30H32O2Si/c1-2-24(29(31)25-15-7-3-8-16-25)23-33(27-19-11-5-12-20-27,28-21-13-6-14-22-28)30(32)26-17-9-4-10-18-26/h3-22,24,29-32H,2,23H2,1H3. The molecule has 0 radical (unpaired) electrons. The van der Waals surface area contributed by atoms with E-state index in [2.05, 4.69) is 55.5 Å².